The summed E-state index contributed by atoms with van der Waals surface area (Å²) < 4.78 is 0. The van der Waals surface area contributed by atoms with E-state index in [0.29, 0.717) is 12.0 Å². The SMILES string of the molecule is O=c1[nH]c(C2CC=C(c3ccccc3Cl)CC2)c(Cc2ccccc2)c(=O)[nH]1. The van der Waals surface area contributed by atoms with Crippen molar-refractivity contribution in [1.82, 2.24) is 9.97 Å². The van der Waals surface area contributed by atoms with Gasteiger partial charge in [0.05, 0.1) is 0 Å². The van der Waals surface area contributed by atoms with Crippen LogP contribution < -0.4 is 11.2 Å². The molecule has 0 fully saturated rings. The fourth-order valence-electron chi connectivity index (χ4n) is 3.92. The number of nitrogens with one attached hydrogen (secondary N) is 2. The Balaban J connectivity index is 1.66. The zero-order valence-electron chi connectivity index (χ0n) is 15.4. The molecule has 0 amide bonds. The minimum Gasteiger partial charge on any atom is -0.311 e. The highest BCUT2D eigenvalue weighted by Crippen LogP contribution is 2.37. The molecule has 28 heavy (non-hydrogen) atoms. The van der Waals surface area contributed by atoms with Crippen LogP contribution in [0.4, 0.5) is 0 Å². The van der Waals surface area contributed by atoms with Crippen molar-refractivity contribution >= 4 is 17.2 Å². The molecule has 1 atom stereocenters. The van der Waals surface area contributed by atoms with Gasteiger partial charge in [0.15, 0.2) is 0 Å². The van der Waals surface area contributed by atoms with E-state index in [1.807, 2.05) is 54.6 Å². The molecule has 1 aliphatic rings. The average Bonchev–Trinajstić information content (AvgIpc) is 2.71. The van der Waals surface area contributed by atoms with Gasteiger partial charge in [0.2, 0.25) is 0 Å². The van der Waals surface area contributed by atoms with Gasteiger partial charge in [-0.05, 0) is 42.0 Å². The minimum atomic E-state index is -0.447. The van der Waals surface area contributed by atoms with Crippen LogP contribution in [0.15, 0.2) is 70.3 Å². The Morgan fingerprint density at radius 1 is 0.964 bits per heavy atom. The van der Waals surface area contributed by atoms with Crippen molar-refractivity contribution in [3.63, 3.8) is 0 Å². The molecule has 0 saturated carbocycles. The summed E-state index contributed by atoms with van der Waals surface area (Å²) in [5.41, 5.74) is 3.98. The predicted molar refractivity (Wildman–Crippen MR) is 113 cm³/mol. The monoisotopic (exact) mass is 392 g/mol. The van der Waals surface area contributed by atoms with Gasteiger partial charge in [-0.2, -0.15) is 0 Å². The maximum atomic E-state index is 12.5. The predicted octanol–water partition coefficient (Wildman–Crippen LogP) is 4.66. The fourth-order valence-corrected chi connectivity index (χ4v) is 4.17. The molecular formula is C23H21ClN2O2. The van der Waals surface area contributed by atoms with Crippen LogP contribution in [-0.4, -0.2) is 9.97 Å². The topological polar surface area (TPSA) is 65.7 Å². The van der Waals surface area contributed by atoms with E-state index in [0.717, 1.165) is 41.1 Å². The number of benzene rings is 2. The van der Waals surface area contributed by atoms with E-state index in [1.165, 1.54) is 5.57 Å². The summed E-state index contributed by atoms with van der Waals surface area (Å²) in [5.74, 6) is 0.111. The van der Waals surface area contributed by atoms with Crippen LogP contribution >= 0.6 is 11.6 Å². The Morgan fingerprint density at radius 2 is 1.71 bits per heavy atom. The maximum Gasteiger partial charge on any atom is 0.325 e. The van der Waals surface area contributed by atoms with Gasteiger partial charge >= 0.3 is 5.69 Å². The van der Waals surface area contributed by atoms with Crippen LogP contribution in [0.5, 0.6) is 0 Å². The summed E-state index contributed by atoms with van der Waals surface area (Å²) in [6.07, 6.45) is 5.16. The lowest BCUT2D eigenvalue weighted by atomic mass is 9.83. The van der Waals surface area contributed by atoms with Crippen LogP contribution in [-0.2, 0) is 6.42 Å². The van der Waals surface area contributed by atoms with Crippen molar-refractivity contribution in [3.05, 3.63) is 109 Å². The molecule has 1 aromatic heterocycles. The molecule has 1 aliphatic carbocycles. The van der Waals surface area contributed by atoms with Crippen LogP contribution in [0.1, 0.15) is 47.6 Å². The Bertz CT molecular complexity index is 1130. The standard InChI is InChI=1S/C23H21ClN2O2/c24-20-9-5-4-8-18(20)16-10-12-17(13-11-16)21-19(22(27)26-23(28)25-21)14-15-6-2-1-3-7-15/h1-10,17H,11-14H2,(H2,25,26,27,28). The Hall–Kier alpha value is -2.85. The molecule has 0 saturated heterocycles. The van der Waals surface area contributed by atoms with Gasteiger partial charge in [0.1, 0.15) is 0 Å². The second kappa shape index (κ2) is 8.03. The van der Waals surface area contributed by atoms with Gasteiger partial charge < -0.3 is 4.98 Å². The van der Waals surface area contributed by atoms with Crippen LogP contribution in [0.25, 0.3) is 5.57 Å². The van der Waals surface area contributed by atoms with E-state index >= 15 is 0 Å². The molecule has 1 heterocycles. The molecule has 4 rings (SSSR count). The summed E-state index contributed by atoms with van der Waals surface area (Å²) in [5, 5.41) is 0.751. The maximum absolute atomic E-state index is 12.5. The molecule has 2 N–H and O–H groups in total. The van der Waals surface area contributed by atoms with Crippen molar-refractivity contribution in [2.45, 2.75) is 31.6 Å². The third-order valence-electron chi connectivity index (χ3n) is 5.34. The highest BCUT2D eigenvalue weighted by Gasteiger charge is 2.23. The number of H-pyrrole nitrogens is 2. The van der Waals surface area contributed by atoms with Gasteiger partial charge in [0, 0.05) is 28.6 Å². The van der Waals surface area contributed by atoms with Crippen LogP contribution in [0.3, 0.4) is 0 Å². The zero-order chi connectivity index (χ0) is 19.5. The molecule has 1 unspecified atom stereocenters. The van der Waals surface area contributed by atoms with Crippen molar-refractivity contribution < 1.29 is 0 Å². The van der Waals surface area contributed by atoms with Crippen molar-refractivity contribution in [3.8, 4) is 0 Å². The van der Waals surface area contributed by atoms with Crippen LogP contribution in [0, 0.1) is 0 Å². The summed E-state index contributed by atoms with van der Waals surface area (Å²) in [7, 11) is 0. The first-order chi connectivity index (χ1) is 13.6. The zero-order valence-corrected chi connectivity index (χ0v) is 16.1. The van der Waals surface area contributed by atoms with Gasteiger partial charge in [0.25, 0.3) is 5.56 Å². The van der Waals surface area contributed by atoms with E-state index < -0.39 is 5.69 Å². The van der Waals surface area contributed by atoms with Gasteiger partial charge in [-0.1, -0.05) is 66.2 Å². The number of aromatic amines is 2. The van der Waals surface area contributed by atoms with Crippen molar-refractivity contribution in [2.75, 3.05) is 0 Å². The molecule has 0 radical (unpaired) electrons. The van der Waals surface area contributed by atoms with E-state index in [9.17, 15) is 9.59 Å². The van der Waals surface area contributed by atoms with Crippen LogP contribution in [0.2, 0.25) is 5.02 Å². The Kier molecular flexibility index (Phi) is 5.31. The highest BCUT2D eigenvalue weighted by atomic mass is 35.5. The number of halogens is 1. The van der Waals surface area contributed by atoms with E-state index in [2.05, 4.69) is 16.0 Å². The molecule has 5 heteroatoms. The quantitative estimate of drug-likeness (QED) is 0.678. The Morgan fingerprint density at radius 3 is 2.43 bits per heavy atom. The average molecular weight is 393 g/mol. The van der Waals surface area contributed by atoms with Gasteiger partial charge in [-0.15, -0.1) is 0 Å². The Labute approximate surface area is 167 Å². The number of rotatable bonds is 4. The molecule has 4 nitrogen and oxygen atoms in total. The molecule has 0 bridgehead atoms. The lowest BCUT2D eigenvalue weighted by Gasteiger charge is -2.24. The van der Waals surface area contributed by atoms with E-state index in [-0.39, 0.29) is 11.5 Å². The summed E-state index contributed by atoms with van der Waals surface area (Å²) in [6, 6.07) is 17.7. The largest absolute Gasteiger partial charge is 0.325 e. The first-order valence-electron chi connectivity index (χ1n) is 9.45. The summed E-state index contributed by atoms with van der Waals surface area (Å²) >= 11 is 6.33. The van der Waals surface area contributed by atoms with Gasteiger partial charge in [-0.3, -0.25) is 9.78 Å². The second-order valence-corrected chi connectivity index (χ2v) is 7.55. The molecular weight excluding hydrogens is 372 g/mol. The number of allylic oxidation sites excluding steroid dienone is 2. The number of hydrogen-bond donors (Lipinski definition) is 2. The lowest BCUT2D eigenvalue weighted by molar-refractivity contribution is 0.596. The van der Waals surface area contributed by atoms with Crippen molar-refractivity contribution in [2.24, 2.45) is 0 Å². The third kappa shape index (κ3) is 3.87. The molecule has 0 spiro atoms. The van der Waals surface area contributed by atoms with Gasteiger partial charge in [-0.25, -0.2) is 4.79 Å². The minimum absolute atomic E-state index is 0.111. The smallest absolute Gasteiger partial charge is 0.311 e. The molecule has 0 aliphatic heterocycles. The second-order valence-electron chi connectivity index (χ2n) is 7.14. The fraction of sp³-hybridized carbons (Fsp3) is 0.217. The summed E-state index contributed by atoms with van der Waals surface area (Å²) in [4.78, 5) is 29.8. The van der Waals surface area contributed by atoms with E-state index in [1.54, 1.807) is 0 Å². The first-order valence-corrected chi connectivity index (χ1v) is 9.83. The molecule has 2 aromatic carbocycles. The molecule has 3 aromatic rings. The van der Waals surface area contributed by atoms with E-state index in [4.69, 9.17) is 11.6 Å². The first kappa shape index (κ1) is 18.5. The highest BCUT2D eigenvalue weighted by molar-refractivity contribution is 6.32. The number of hydrogen-bond acceptors (Lipinski definition) is 2. The number of aromatic nitrogens is 2. The van der Waals surface area contributed by atoms with Crippen molar-refractivity contribution in [1.29, 1.82) is 0 Å². The normalized spacial score (nSPS) is 16.6. The molecule has 142 valence electrons. The lowest BCUT2D eigenvalue weighted by Crippen LogP contribution is -2.30. The third-order valence-corrected chi connectivity index (χ3v) is 5.67. The summed E-state index contributed by atoms with van der Waals surface area (Å²) in [6.45, 7) is 0.